The van der Waals surface area contributed by atoms with Crippen molar-refractivity contribution in [2.45, 2.75) is 71.6 Å². The highest BCUT2D eigenvalue weighted by Crippen LogP contribution is 2.28. The van der Waals surface area contributed by atoms with Crippen LogP contribution in [0, 0.1) is 5.92 Å². The van der Waals surface area contributed by atoms with E-state index in [-0.39, 0.29) is 12.6 Å². The third-order valence-electron chi connectivity index (χ3n) is 4.42. The lowest BCUT2D eigenvalue weighted by Gasteiger charge is -2.34. The van der Waals surface area contributed by atoms with Gasteiger partial charge in [-0.05, 0) is 57.9 Å². The largest absolute Gasteiger partial charge is 0.444 e. The molecule has 1 aliphatic rings. The lowest BCUT2D eigenvalue weighted by molar-refractivity contribution is -0.0603. The fourth-order valence-electron chi connectivity index (χ4n) is 2.93. The zero-order valence-corrected chi connectivity index (χ0v) is 16.2. The van der Waals surface area contributed by atoms with E-state index >= 15 is 0 Å². The van der Waals surface area contributed by atoms with Crippen LogP contribution in [0.25, 0.3) is 0 Å². The average molecular weight is 362 g/mol. The van der Waals surface area contributed by atoms with Crippen molar-refractivity contribution >= 4 is 12.1 Å². The van der Waals surface area contributed by atoms with E-state index in [1.165, 1.54) is 4.90 Å². The molecular formula is C20H30N2O4. The van der Waals surface area contributed by atoms with Crippen LogP contribution in [0.2, 0.25) is 0 Å². The number of ether oxygens (including phenoxy) is 1. The molecule has 144 valence electrons. The number of rotatable bonds is 4. The summed E-state index contributed by atoms with van der Waals surface area (Å²) in [5.41, 5.74) is 2.73. The Balaban J connectivity index is 2.03. The molecule has 1 N–H and O–H groups in total. The summed E-state index contributed by atoms with van der Waals surface area (Å²) < 4.78 is 5.39. The van der Waals surface area contributed by atoms with E-state index < -0.39 is 17.7 Å². The maximum Gasteiger partial charge on any atom is 0.418 e. The van der Waals surface area contributed by atoms with E-state index in [4.69, 9.17) is 9.57 Å². The normalized spacial score (nSPS) is 20.3. The lowest BCUT2D eigenvalue weighted by atomic mass is 9.87. The molecule has 6 heteroatoms. The standard InChI is InChI=1S/C20H30N2O4/c1-15-10-12-17(13-11-15)22(18(23)21-26-20(2,3)4)19(24)25-14-16-8-6-5-7-9-16/h5-9,15,17H,10-14H2,1-4H3,(H,21,23). The van der Waals surface area contributed by atoms with Gasteiger partial charge in [0.25, 0.3) is 0 Å². The Morgan fingerprint density at radius 2 is 1.73 bits per heavy atom. The van der Waals surface area contributed by atoms with Crippen LogP contribution in [0.15, 0.2) is 30.3 Å². The predicted molar refractivity (Wildman–Crippen MR) is 99.3 cm³/mol. The second-order valence-electron chi connectivity index (χ2n) is 7.95. The molecule has 1 aliphatic carbocycles. The number of carbonyl (C=O) groups is 2. The molecule has 0 radical (unpaired) electrons. The number of urea groups is 1. The van der Waals surface area contributed by atoms with E-state index in [0.717, 1.165) is 31.2 Å². The topological polar surface area (TPSA) is 67.9 Å². The van der Waals surface area contributed by atoms with Crippen LogP contribution >= 0.6 is 0 Å². The number of amides is 3. The summed E-state index contributed by atoms with van der Waals surface area (Å²) in [6.07, 6.45) is 2.90. The van der Waals surface area contributed by atoms with Crippen molar-refractivity contribution in [1.82, 2.24) is 10.4 Å². The molecule has 3 amide bonds. The SMILES string of the molecule is CC1CCC(N(C(=O)NOC(C)(C)C)C(=O)OCc2ccccc2)CC1. The summed E-state index contributed by atoms with van der Waals surface area (Å²) in [6.45, 7) is 7.80. The number of benzene rings is 1. The van der Waals surface area contributed by atoms with Crippen LogP contribution in [0.1, 0.15) is 58.9 Å². The molecule has 0 atom stereocenters. The minimum absolute atomic E-state index is 0.132. The number of nitrogens with one attached hydrogen (secondary N) is 1. The zero-order chi connectivity index (χ0) is 19.2. The highest BCUT2D eigenvalue weighted by Gasteiger charge is 2.34. The number of imide groups is 1. The Kier molecular flexibility index (Phi) is 7.03. The fourth-order valence-corrected chi connectivity index (χ4v) is 2.93. The van der Waals surface area contributed by atoms with Crippen molar-refractivity contribution in [3.05, 3.63) is 35.9 Å². The first-order valence-electron chi connectivity index (χ1n) is 9.24. The average Bonchev–Trinajstić information content (AvgIpc) is 2.60. The zero-order valence-electron chi connectivity index (χ0n) is 16.2. The van der Waals surface area contributed by atoms with Crippen LogP contribution in [-0.4, -0.2) is 28.7 Å². The molecule has 0 saturated heterocycles. The van der Waals surface area contributed by atoms with Crippen LogP contribution in [0.4, 0.5) is 9.59 Å². The first kappa shape index (κ1) is 20.2. The van der Waals surface area contributed by atoms with Gasteiger partial charge in [-0.15, -0.1) is 0 Å². The minimum atomic E-state index is -0.636. The molecular weight excluding hydrogens is 332 g/mol. The van der Waals surface area contributed by atoms with Gasteiger partial charge in [0.1, 0.15) is 6.61 Å². The van der Waals surface area contributed by atoms with Crippen LogP contribution in [0.5, 0.6) is 0 Å². The van der Waals surface area contributed by atoms with Gasteiger partial charge < -0.3 is 4.74 Å². The number of hydrogen-bond acceptors (Lipinski definition) is 4. The second kappa shape index (κ2) is 9.03. The van der Waals surface area contributed by atoms with Gasteiger partial charge in [0.05, 0.1) is 5.60 Å². The summed E-state index contributed by atoms with van der Waals surface area (Å²) in [4.78, 5) is 31.8. The Bertz CT molecular complexity index is 590. The lowest BCUT2D eigenvalue weighted by Crippen LogP contribution is -2.52. The summed E-state index contributed by atoms with van der Waals surface area (Å²) in [7, 11) is 0. The minimum Gasteiger partial charge on any atom is -0.444 e. The third kappa shape index (κ3) is 6.33. The smallest absolute Gasteiger partial charge is 0.418 e. The molecule has 6 nitrogen and oxygen atoms in total. The maximum atomic E-state index is 12.7. The summed E-state index contributed by atoms with van der Waals surface area (Å²) in [5.74, 6) is 0.613. The van der Waals surface area contributed by atoms with Gasteiger partial charge in [-0.25, -0.2) is 20.0 Å². The van der Waals surface area contributed by atoms with Crippen LogP contribution in [0.3, 0.4) is 0 Å². The molecule has 1 aromatic rings. The van der Waals surface area contributed by atoms with Gasteiger partial charge in [0.15, 0.2) is 0 Å². The van der Waals surface area contributed by atoms with Crippen molar-refractivity contribution in [2.75, 3.05) is 0 Å². The van der Waals surface area contributed by atoms with Crippen molar-refractivity contribution in [3.8, 4) is 0 Å². The molecule has 1 fully saturated rings. The van der Waals surface area contributed by atoms with Gasteiger partial charge in [-0.3, -0.25) is 4.84 Å². The Morgan fingerprint density at radius 1 is 1.12 bits per heavy atom. The molecule has 0 aliphatic heterocycles. The molecule has 1 saturated carbocycles. The Hall–Kier alpha value is -2.08. The van der Waals surface area contributed by atoms with E-state index in [2.05, 4.69) is 12.4 Å². The van der Waals surface area contributed by atoms with Crippen LogP contribution in [-0.2, 0) is 16.2 Å². The maximum absolute atomic E-state index is 12.7. The molecule has 0 bridgehead atoms. The molecule has 26 heavy (non-hydrogen) atoms. The number of hydrogen-bond donors (Lipinski definition) is 1. The van der Waals surface area contributed by atoms with Crippen molar-refractivity contribution < 1.29 is 19.2 Å². The first-order chi connectivity index (χ1) is 12.3. The highest BCUT2D eigenvalue weighted by atomic mass is 16.7. The number of hydroxylamine groups is 1. The van der Waals surface area contributed by atoms with Crippen molar-refractivity contribution in [1.29, 1.82) is 0 Å². The summed E-state index contributed by atoms with van der Waals surface area (Å²) in [6, 6.07) is 8.68. The molecule has 0 spiro atoms. The van der Waals surface area contributed by atoms with Crippen molar-refractivity contribution in [2.24, 2.45) is 5.92 Å². The number of nitrogens with zero attached hydrogens (tertiary/aromatic N) is 1. The Labute approximate surface area is 155 Å². The van der Waals surface area contributed by atoms with E-state index in [0.29, 0.717) is 5.92 Å². The first-order valence-corrected chi connectivity index (χ1v) is 9.24. The molecule has 2 rings (SSSR count). The molecule has 1 aromatic carbocycles. The van der Waals surface area contributed by atoms with Gasteiger partial charge in [0, 0.05) is 6.04 Å². The summed E-state index contributed by atoms with van der Waals surface area (Å²) >= 11 is 0. The molecule has 0 unspecified atom stereocenters. The predicted octanol–water partition coefficient (Wildman–Crippen LogP) is 4.64. The van der Waals surface area contributed by atoms with Gasteiger partial charge in [-0.2, -0.15) is 0 Å². The molecule has 0 heterocycles. The van der Waals surface area contributed by atoms with Gasteiger partial charge in [0.2, 0.25) is 0 Å². The quantitative estimate of drug-likeness (QED) is 0.792. The third-order valence-corrected chi connectivity index (χ3v) is 4.42. The molecule has 0 aromatic heterocycles. The van der Waals surface area contributed by atoms with E-state index in [1.54, 1.807) is 0 Å². The fraction of sp³-hybridized carbons (Fsp3) is 0.600. The van der Waals surface area contributed by atoms with E-state index in [9.17, 15) is 9.59 Å². The highest BCUT2D eigenvalue weighted by molar-refractivity contribution is 5.90. The van der Waals surface area contributed by atoms with E-state index in [1.807, 2.05) is 51.1 Å². The van der Waals surface area contributed by atoms with Gasteiger partial charge >= 0.3 is 12.1 Å². The number of carbonyl (C=O) groups excluding carboxylic acids is 2. The Morgan fingerprint density at radius 3 is 2.31 bits per heavy atom. The van der Waals surface area contributed by atoms with Gasteiger partial charge in [-0.1, -0.05) is 37.3 Å². The monoisotopic (exact) mass is 362 g/mol. The summed E-state index contributed by atoms with van der Waals surface area (Å²) in [5, 5.41) is 0. The second-order valence-corrected chi connectivity index (χ2v) is 7.95. The van der Waals surface area contributed by atoms with Crippen molar-refractivity contribution in [3.63, 3.8) is 0 Å². The van der Waals surface area contributed by atoms with Crippen LogP contribution < -0.4 is 5.48 Å².